The number of hydrogen-bond donors (Lipinski definition) is 3. The van der Waals surface area contributed by atoms with Gasteiger partial charge in [0.25, 0.3) is 10.0 Å². The number of furan rings is 1. The highest BCUT2D eigenvalue weighted by Crippen LogP contribution is 2.11. The third-order valence-electron chi connectivity index (χ3n) is 2.93. The maximum Gasteiger partial charge on any atom is 0.257 e. The number of nitrogens with one attached hydrogen (secondary N) is 3. The van der Waals surface area contributed by atoms with Crippen LogP contribution in [0.5, 0.6) is 0 Å². The van der Waals surface area contributed by atoms with Gasteiger partial charge in [-0.3, -0.25) is 5.10 Å². The van der Waals surface area contributed by atoms with Gasteiger partial charge in [-0.2, -0.15) is 5.10 Å². The second-order valence-electron chi connectivity index (χ2n) is 4.63. The summed E-state index contributed by atoms with van der Waals surface area (Å²) < 4.78 is 32.2. The molecule has 0 radical (unpaired) electrons. The minimum absolute atomic E-state index is 0.116. The lowest BCUT2D eigenvalue weighted by Gasteiger charge is -2.07. The van der Waals surface area contributed by atoms with Crippen LogP contribution in [0.2, 0.25) is 0 Å². The largest absolute Gasteiger partial charge is 0.469 e. The van der Waals surface area contributed by atoms with Crippen LogP contribution in [0, 0.1) is 0 Å². The molecule has 0 aliphatic heterocycles. The highest BCUT2D eigenvalue weighted by atomic mass is 32.2. The van der Waals surface area contributed by atoms with E-state index >= 15 is 0 Å². The summed E-state index contributed by atoms with van der Waals surface area (Å²) in [5.74, 6) is 0.743. The van der Waals surface area contributed by atoms with Crippen LogP contribution < -0.4 is 10.0 Å². The van der Waals surface area contributed by atoms with Crippen LogP contribution in [0.25, 0.3) is 0 Å². The molecule has 2 aromatic heterocycles. The molecule has 2 rings (SSSR count). The van der Waals surface area contributed by atoms with E-state index in [-0.39, 0.29) is 11.6 Å². The maximum atomic E-state index is 12.2. The molecule has 0 unspecified atom stereocenters. The fourth-order valence-electron chi connectivity index (χ4n) is 1.89. The van der Waals surface area contributed by atoms with Gasteiger partial charge in [0, 0.05) is 25.1 Å². The first kappa shape index (κ1) is 15.7. The topological polar surface area (TPSA) is 100 Å². The van der Waals surface area contributed by atoms with E-state index in [9.17, 15) is 8.42 Å². The Morgan fingerprint density at radius 2 is 2.24 bits per heavy atom. The van der Waals surface area contributed by atoms with Crippen LogP contribution in [0.3, 0.4) is 0 Å². The highest BCUT2D eigenvalue weighted by molar-refractivity contribution is 7.89. The van der Waals surface area contributed by atoms with Gasteiger partial charge in [-0.1, -0.05) is 6.92 Å². The number of aromatic nitrogens is 2. The van der Waals surface area contributed by atoms with Crippen molar-refractivity contribution in [1.82, 2.24) is 20.2 Å². The van der Waals surface area contributed by atoms with Gasteiger partial charge in [-0.25, -0.2) is 13.1 Å². The lowest BCUT2D eigenvalue weighted by molar-refractivity contribution is 0.505. The molecule has 0 amide bonds. The number of rotatable bonds is 9. The molecule has 0 atom stereocenters. The molecule has 2 aromatic rings. The van der Waals surface area contributed by atoms with Crippen molar-refractivity contribution in [3.8, 4) is 0 Å². The van der Waals surface area contributed by atoms with Gasteiger partial charge in [0.2, 0.25) is 0 Å². The van der Waals surface area contributed by atoms with Crippen molar-refractivity contribution in [2.75, 3.05) is 13.1 Å². The molecule has 21 heavy (non-hydrogen) atoms. The van der Waals surface area contributed by atoms with Gasteiger partial charge in [-0.05, 0) is 25.1 Å². The molecule has 2 heterocycles. The molecule has 0 bridgehead atoms. The lowest BCUT2D eigenvalue weighted by atomic mass is 10.3. The maximum absolute atomic E-state index is 12.2. The summed E-state index contributed by atoms with van der Waals surface area (Å²) in [6, 6.07) is 3.58. The molecule has 0 saturated carbocycles. The lowest BCUT2D eigenvalue weighted by Crippen LogP contribution is -2.27. The Bertz CT molecular complexity index is 634. The Kier molecular flexibility index (Phi) is 5.54. The Balaban J connectivity index is 1.94. The number of H-pyrrole nitrogens is 1. The molecular weight excluding hydrogens is 292 g/mol. The van der Waals surface area contributed by atoms with Crippen molar-refractivity contribution < 1.29 is 12.8 Å². The zero-order valence-corrected chi connectivity index (χ0v) is 12.7. The summed E-state index contributed by atoms with van der Waals surface area (Å²) in [5, 5.41) is 9.65. The molecule has 0 aliphatic rings. The molecule has 8 heteroatoms. The van der Waals surface area contributed by atoms with Crippen molar-refractivity contribution in [1.29, 1.82) is 0 Å². The van der Waals surface area contributed by atoms with E-state index in [0.717, 1.165) is 18.7 Å². The molecule has 0 spiro atoms. The van der Waals surface area contributed by atoms with Crippen LogP contribution in [0.1, 0.15) is 24.7 Å². The summed E-state index contributed by atoms with van der Waals surface area (Å²) in [4.78, 5) is 0. The fourth-order valence-corrected chi connectivity index (χ4v) is 3.05. The van der Waals surface area contributed by atoms with E-state index in [1.807, 2.05) is 6.07 Å². The number of sulfonamides is 1. The first-order valence-electron chi connectivity index (χ1n) is 6.88. The second kappa shape index (κ2) is 7.39. The minimum Gasteiger partial charge on any atom is -0.469 e. The molecule has 0 saturated heterocycles. The Hall–Kier alpha value is -1.64. The van der Waals surface area contributed by atoms with Crippen molar-refractivity contribution in [3.05, 3.63) is 35.9 Å². The summed E-state index contributed by atoms with van der Waals surface area (Å²) in [6.45, 7) is 3.63. The zero-order valence-electron chi connectivity index (χ0n) is 11.9. The summed E-state index contributed by atoms with van der Waals surface area (Å²) >= 11 is 0. The SMILES string of the molecule is CCCNCc1cn[nH]c1S(=O)(=O)NCCc1ccco1. The van der Waals surface area contributed by atoms with Crippen LogP contribution in [-0.4, -0.2) is 31.7 Å². The van der Waals surface area contributed by atoms with Gasteiger partial charge in [0.05, 0.1) is 12.5 Å². The third kappa shape index (κ3) is 4.42. The number of aromatic amines is 1. The predicted octanol–water partition coefficient (Wildman–Crippen LogP) is 1.02. The van der Waals surface area contributed by atoms with E-state index in [2.05, 4.69) is 27.2 Å². The standard InChI is InChI=1S/C13H20N4O3S/c1-2-6-14-9-11-10-15-17-13(11)21(18,19)16-7-5-12-4-3-8-20-12/h3-4,8,10,14,16H,2,5-7,9H2,1H3,(H,15,17). The summed E-state index contributed by atoms with van der Waals surface area (Å²) in [7, 11) is -3.59. The normalized spacial score (nSPS) is 11.9. The van der Waals surface area contributed by atoms with Gasteiger partial charge in [0.1, 0.15) is 5.76 Å². The van der Waals surface area contributed by atoms with Crippen molar-refractivity contribution in [2.45, 2.75) is 31.3 Å². The van der Waals surface area contributed by atoms with Crippen LogP contribution >= 0.6 is 0 Å². The van der Waals surface area contributed by atoms with Crippen molar-refractivity contribution >= 4 is 10.0 Å². The monoisotopic (exact) mass is 312 g/mol. The molecule has 0 fully saturated rings. The van der Waals surface area contributed by atoms with Gasteiger partial charge >= 0.3 is 0 Å². The smallest absolute Gasteiger partial charge is 0.257 e. The third-order valence-corrected chi connectivity index (χ3v) is 4.41. The second-order valence-corrected chi connectivity index (χ2v) is 6.33. The first-order chi connectivity index (χ1) is 10.1. The van der Waals surface area contributed by atoms with E-state index in [1.165, 1.54) is 6.20 Å². The van der Waals surface area contributed by atoms with Gasteiger partial charge in [-0.15, -0.1) is 0 Å². The van der Waals surface area contributed by atoms with Crippen molar-refractivity contribution in [3.63, 3.8) is 0 Å². The molecular formula is C13H20N4O3S. The highest BCUT2D eigenvalue weighted by Gasteiger charge is 2.20. The average Bonchev–Trinajstić information content (AvgIpc) is 3.10. The summed E-state index contributed by atoms with van der Waals surface area (Å²) in [5.41, 5.74) is 0.633. The van der Waals surface area contributed by atoms with Gasteiger partial charge < -0.3 is 9.73 Å². The number of hydrogen-bond acceptors (Lipinski definition) is 5. The Labute approximate surface area is 124 Å². The van der Waals surface area contributed by atoms with Crippen LogP contribution in [0.15, 0.2) is 34.0 Å². The van der Waals surface area contributed by atoms with E-state index in [1.54, 1.807) is 12.3 Å². The zero-order chi connectivity index (χ0) is 15.1. The Morgan fingerprint density at radius 3 is 2.95 bits per heavy atom. The quantitative estimate of drug-likeness (QED) is 0.600. The van der Waals surface area contributed by atoms with Crippen LogP contribution in [0.4, 0.5) is 0 Å². The van der Waals surface area contributed by atoms with E-state index in [0.29, 0.717) is 18.5 Å². The predicted molar refractivity (Wildman–Crippen MR) is 78.2 cm³/mol. The van der Waals surface area contributed by atoms with Gasteiger partial charge in [0.15, 0.2) is 5.03 Å². The molecule has 0 aliphatic carbocycles. The number of nitrogens with zero attached hydrogens (tertiary/aromatic N) is 1. The summed E-state index contributed by atoms with van der Waals surface area (Å²) in [6.07, 6.45) is 4.59. The van der Waals surface area contributed by atoms with Crippen molar-refractivity contribution in [2.24, 2.45) is 0 Å². The fraction of sp³-hybridized carbons (Fsp3) is 0.462. The molecule has 0 aromatic carbocycles. The van der Waals surface area contributed by atoms with E-state index < -0.39 is 10.0 Å². The first-order valence-corrected chi connectivity index (χ1v) is 8.37. The Morgan fingerprint density at radius 1 is 1.38 bits per heavy atom. The molecule has 3 N–H and O–H groups in total. The average molecular weight is 312 g/mol. The molecule has 7 nitrogen and oxygen atoms in total. The van der Waals surface area contributed by atoms with Crippen LogP contribution in [-0.2, 0) is 23.0 Å². The minimum atomic E-state index is -3.59. The van der Waals surface area contributed by atoms with E-state index in [4.69, 9.17) is 4.42 Å². The molecule has 116 valence electrons.